The number of anilines is 1. The first-order valence-electron chi connectivity index (χ1n) is 8.83. The summed E-state index contributed by atoms with van der Waals surface area (Å²) in [6.07, 6.45) is 1.52. The van der Waals surface area contributed by atoms with Gasteiger partial charge in [0, 0.05) is 22.5 Å². The van der Waals surface area contributed by atoms with E-state index in [9.17, 15) is 9.18 Å². The van der Waals surface area contributed by atoms with Crippen molar-refractivity contribution in [2.75, 3.05) is 5.32 Å². The van der Waals surface area contributed by atoms with E-state index in [0.29, 0.717) is 17.1 Å². The molecule has 0 aliphatic heterocycles. The summed E-state index contributed by atoms with van der Waals surface area (Å²) in [5, 5.41) is 11.9. The highest BCUT2D eigenvalue weighted by atomic mass is 79.9. The first-order chi connectivity index (χ1) is 13.7. The fourth-order valence-electron chi connectivity index (χ4n) is 2.84. The Balaban J connectivity index is 1.70. The Morgan fingerprint density at radius 2 is 2.00 bits per heavy atom. The number of carbonyl (C=O) groups excluding carboxylic acids is 1. The quantitative estimate of drug-likeness (QED) is 0.502. The molecule has 1 N–H and O–H groups in total. The van der Waals surface area contributed by atoms with Gasteiger partial charge in [-0.3, -0.25) is 14.2 Å². The van der Waals surface area contributed by atoms with Crippen molar-refractivity contribution in [2.24, 2.45) is 5.92 Å². The highest BCUT2D eigenvalue weighted by molar-refractivity contribution is 9.10. The number of carbonyl (C=O) groups is 1. The number of rotatable bonds is 6. The monoisotopic (exact) mass is 501 g/mol. The van der Waals surface area contributed by atoms with Gasteiger partial charge in [-0.1, -0.05) is 36.2 Å². The van der Waals surface area contributed by atoms with E-state index >= 15 is 0 Å². The Morgan fingerprint density at radius 1 is 1.28 bits per heavy atom. The number of hydrogen-bond acceptors (Lipinski definition) is 3. The van der Waals surface area contributed by atoms with Crippen molar-refractivity contribution < 1.29 is 9.18 Å². The molecule has 1 amide bonds. The fourth-order valence-corrected chi connectivity index (χ4v) is 3.55. The van der Waals surface area contributed by atoms with Gasteiger partial charge in [0.25, 0.3) is 0 Å². The molecule has 0 fully saturated rings. The standard InChI is InChI=1S/C19H19BrCl2FN5O/c1-10(7-28-12(3)17(20)11(2)25-28)19(29)24-18-15(22)9-27(26-18)8-13-14(21)5-4-6-16(13)23/h4-6,9-10H,7-8H2,1-3H3,(H,24,26,29). The molecular weight excluding hydrogens is 484 g/mol. The Morgan fingerprint density at radius 3 is 2.62 bits per heavy atom. The van der Waals surface area contributed by atoms with Gasteiger partial charge < -0.3 is 5.32 Å². The molecule has 3 aromatic rings. The molecule has 0 bridgehead atoms. The number of benzene rings is 1. The Kier molecular flexibility index (Phi) is 6.65. The molecule has 29 heavy (non-hydrogen) atoms. The van der Waals surface area contributed by atoms with E-state index < -0.39 is 5.82 Å². The summed E-state index contributed by atoms with van der Waals surface area (Å²) in [5.41, 5.74) is 2.12. The van der Waals surface area contributed by atoms with Crippen LogP contribution in [0.15, 0.2) is 28.9 Å². The van der Waals surface area contributed by atoms with Crippen molar-refractivity contribution in [3.8, 4) is 0 Å². The normalized spacial score (nSPS) is 12.2. The molecular formula is C19H19BrCl2FN5O. The zero-order chi connectivity index (χ0) is 21.3. The van der Waals surface area contributed by atoms with E-state index in [4.69, 9.17) is 23.2 Å². The van der Waals surface area contributed by atoms with E-state index in [1.54, 1.807) is 17.7 Å². The Labute approximate surface area is 186 Å². The van der Waals surface area contributed by atoms with Crippen LogP contribution in [-0.4, -0.2) is 25.5 Å². The average molecular weight is 503 g/mol. The average Bonchev–Trinajstić information content (AvgIpc) is 3.12. The molecule has 1 unspecified atom stereocenters. The highest BCUT2D eigenvalue weighted by Crippen LogP contribution is 2.25. The molecule has 0 aliphatic rings. The van der Waals surface area contributed by atoms with Crippen molar-refractivity contribution in [1.29, 1.82) is 0 Å². The Hall–Kier alpha value is -1.90. The summed E-state index contributed by atoms with van der Waals surface area (Å²) < 4.78 is 18.1. The number of hydrogen-bond donors (Lipinski definition) is 1. The van der Waals surface area contributed by atoms with Crippen LogP contribution in [0.2, 0.25) is 10.0 Å². The first-order valence-corrected chi connectivity index (χ1v) is 10.4. The van der Waals surface area contributed by atoms with E-state index in [1.165, 1.54) is 23.0 Å². The van der Waals surface area contributed by atoms with Crippen LogP contribution in [0.25, 0.3) is 0 Å². The lowest BCUT2D eigenvalue weighted by Gasteiger charge is -2.12. The fraction of sp³-hybridized carbons (Fsp3) is 0.316. The number of nitrogens with one attached hydrogen (secondary N) is 1. The molecule has 0 aliphatic carbocycles. The van der Waals surface area contributed by atoms with Crippen molar-refractivity contribution in [2.45, 2.75) is 33.9 Å². The molecule has 10 heteroatoms. The maximum absolute atomic E-state index is 14.0. The van der Waals surface area contributed by atoms with E-state index in [-0.39, 0.29) is 29.2 Å². The molecule has 2 aromatic heterocycles. The minimum absolute atomic E-state index is 0.0937. The number of nitrogens with zero attached hydrogens (tertiary/aromatic N) is 4. The molecule has 154 valence electrons. The molecule has 3 rings (SSSR count). The lowest BCUT2D eigenvalue weighted by molar-refractivity contribution is -0.119. The maximum Gasteiger partial charge on any atom is 0.230 e. The van der Waals surface area contributed by atoms with Gasteiger partial charge in [-0.15, -0.1) is 0 Å². The second-order valence-electron chi connectivity index (χ2n) is 6.78. The summed E-state index contributed by atoms with van der Waals surface area (Å²) in [6.45, 7) is 6.13. The lowest BCUT2D eigenvalue weighted by Crippen LogP contribution is -2.25. The van der Waals surface area contributed by atoms with Crippen molar-refractivity contribution in [1.82, 2.24) is 19.6 Å². The van der Waals surface area contributed by atoms with Crippen LogP contribution >= 0.6 is 39.1 Å². The van der Waals surface area contributed by atoms with Crippen LogP contribution < -0.4 is 5.32 Å². The van der Waals surface area contributed by atoms with Crippen LogP contribution in [0, 0.1) is 25.6 Å². The van der Waals surface area contributed by atoms with E-state index in [2.05, 4.69) is 31.4 Å². The molecule has 0 saturated heterocycles. The second-order valence-corrected chi connectivity index (χ2v) is 8.39. The predicted octanol–water partition coefficient (Wildman–Crippen LogP) is 5.23. The number of aryl methyl sites for hydroxylation is 1. The SMILES string of the molecule is Cc1nn(CC(C)C(=O)Nc2nn(Cc3c(F)cccc3Cl)cc2Cl)c(C)c1Br. The molecule has 0 radical (unpaired) electrons. The highest BCUT2D eigenvalue weighted by Gasteiger charge is 2.20. The van der Waals surface area contributed by atoms with Crippen LogP contribution in [-0.2, 0) is 17.9 Å². The van der Waals surface area contributed by atoms with Crippen molar-refractivity contribution in [3.05, 3.63) is 61.7 Å². The largest absolute Gasteiger partial charge is 0.308 e. The van der Waals surface area contributed by atoms with Gasteiger partial charge in [0.05, 0.1) is 29.2 Å². The number of halogens is 4. The number of aromatic nitrogens is 4. The van der Waals surface area contributed by atoms with Gasteiger partial charge in [0.1, 0.15) is 10.8 Å². The zero-order valence-corrected chi connectivity index (χ0v) is 19.1. The smallest absolute Gasteiger partial charge is 0.230 e. The van der Waals surface area contributed by atoms with Crippen molar-refractivity contribution >= 4 is 50.9 Å². The minimum atomic E-state index is -0.431. The zero-order valence-electron chi connectivity index (χ0n) is 16.0. The summed E-state index contributed by atoms with van der Waals surface area (Å²) in [4.78, 5) is 12.6. The second kappa shape index (κ2) is 8.85. The maximum atomic E-state index is 14.0. The molecule has 0 saturated carbocycles. The van der Waals surface area contributed by atoms with Crippen LogP contribution in [0.4, 0.5) is 10.2 Å². The lowest BCUT2D eigenvalue weighted by atomic mass is 10.1. The van der Waals surface area contributed by atoms with E-state index in [0.717, 1.165) is 15.9 Å². The van der Waals surface area contributed by atoms with Crippen LogP contribution in [0.1, 0.15) is 23.9 Å². The van der Waals surface area contributed by atoms with Gasteiger partial charge in [-0.2, -0.15) is 10.2 Å². The molecule has 2 heterocycles. The third-order valence-electron chi connectivity index (χ3n) is 4.53. The third-order valence-corrected chi connectivity index (χ3v) is 6.31. The minimum Gasteiger partial charge on any atom is -0.308 e. The van der Waals surface area contributed by atoms with Gasteiger partial charge >= 0.3 is 0 Å². The van der Waals surface area contributed by atoms with Gasteiger partial charge in [-0.05, 0) is 41.9 Å². The molecule has 6 nitrogen and oxygen atoms in total. The van der Waals surface area contributed by atoms with Crippen LogP contribution in [0.3, 0.4) is 0 Å². The van der Waals surface area contributed by atoms with Gasteiger partial charge in [0.2, 0.25) is 5.91 Å². The Bertz CT molecular complexity index is 1050. The molecule has 0 spiro atoms. The van der Waals surface area contributed by atoms with Crippen molar-refractivity contribution in [3.63, 3.8) is 0 Å². The summed E-state index contributed by atoms with van der Waals surface area (Å²) >= 11 is 15.7. The summed E-state index contributed by atoms with van der Waals surface area (Å²) in [6, 6.07) is 4.46. The first kappa shape index (κ1) is 21.8. The van der Waals surface area contributed by atoms with E-state index in [1.807, 2.05) is 13.8 Å². The summed E-state index contributed by atoms with van der Waals surface area (Å²) in [5.74, 6) is -0.836. The topological polar surface area (TPSA) is 64.7 Å². The molecule has 1 atom stereocenters. The predicted molar refractivity (Wildman–Crippen MR) is 115 cm³/mol. The summed E-state index contributed by atoms with van der Waals surface area (Å²) in [7, 11) is 0. The number of amides is 1. The van der Waals surface area contributed by atoms with Gasteiger partial charge in [0.15, 0.2) is 5.82 Å². The third kappa shape index (κ3) is 4.82. The van der Waals surface area contributed by atoms with Gasteiger partial charge in [-0.25, -0.2) is 4.39 Å². The molecule has 1 aromatic carbocycles. The van der Waals surface area contributed by atoms with Crippen LogP contribution in [0.5, 0.6) is 0 Å².